The molecule has 0 aliphatic heterocycles. The first-order valence-electron chi connectivity index (χ1n) is 41.7. The lowest BCUT2D eigenvalue weighted by Crippen LogP contribution is -2.30. The van der Waals surface area contributed by atoms with Gasteiger partial charge in [0.2, 0.25) is 0 Å². The predicted molar refractivity (Wildman–Crippen MR) is 454 cm³/mol. The van der Waals surface area contributed by atoms with Gasteiger partial charge in [0.1, 0.15) is 19.3 Å². The zero-order valence-electron chi connectivity index (χ0n) is 68.1. The summed E-state index contributed by atoms with van der Waals surface area (Å²) in [5.74, 6) is -2.33. The molecule has 0 saturated carbocycles. The molecular weight excluding hydrogens is 1430 g/mol. The molecule has 0 aromatic carbocycles. The van der Waals surface area contributed by atoms with Crippen molar-refractivity contribution in [1.29, 1.82) is 0 Å². The van der Waals surface area contributed by atoms with Crippen molar-refractivity contribution in [2.24, 2.45) is 0 Å². The lowest BCUT2D eigenvalue weighted by Gasteiger charge is -2.21. The third-order valence-electron chi connectivity index (χ3n) is 16.5. The molecule has 0 heterocycles. The van der Waals surface area contributed by atoms with Gasteiger partial charge in [0.25, 0.3) is 0 Å². The van der Waals surface area contributed by atoms with Crippen LogP contribution < -0.4 is 0 Å². The predicted octanol–water partition coefficient (Wildman–Crippen LogP) is 24.9. The van der Waals surface area contributed by atoms with Crippen molar-refractivity contribution >= 4 is 39.5 Å². The summed E-state index contributed by atoms with van der Waals surface area (Å²) in [7, 11) is -10.0. The van der Waals surface area contributed by atoms with E-state index in [9.17, 15) is 43.2 Å². The second kappa shape index (κ2) is 80.9. The van der Waals surface area contributed by atoms with Crippen molar-refractivity contribution in [3.63, 3.8) is 0 Å². The van der Waals surface area contributed by atoms with Crippen LogP contribution in [0.3, 0.4) is 0 Å². The van der Waals surface area contributed by atoms with Crippen LogP contribution in [0, 0.1) is 0 Å². The highest BCUT2D eigenvalue weighted by molar-refractivity contribution is 7.47. The summed E-state index contributed by atoms with van der Waals surface area (Å²) in [5.41, 5.74) is 0. The second-order valence-electron chi connectivity index (χ2n) is 26.9. The van der Waals surface area contributed by atoms with Gasteiger partial charge in [0, 0.05) is 25.7 Å². The molecule has 0 aliphatic rings. The number of aliphatic hydroxyl groups is 1. The van der Waals surface area contributed by atoms with E-state index in [0.29, 0.717) is 32.1 Å². The fraction of sp³-hybridized carbons (Fsp3) is 0.604. The van der Waals surface area contributed by atoms with E-state index < -0.39 is 97.5 Å². The Morgan fingerprint density at radius 2 is 0.482 bits per heavy atom. The van der Waals surface area contributed by atoms with Crippen molar-refractivity contribution in [3.8, 4) is 0 Å². The number of carbonyl (C=O) groups is 4. The first-order valence-corrected chi connectivity index (χ1v) is 44.7. The number of hydrogen-bond acceptors (Lipinski definition) is 15. The molecule has 622 valence electrons. The van der Waals surface area contributed by atoms with Gasteiger partial charge in [-0.25, -0.2) is 9.13 Å². The Bertz CT molecular complexity index is 2850. The molecule has 5 atom stereocenters. The number of unbranched alkanes of at least 4 members (excludes halogenated alkanes) is 18. The Morgan fingerprint density at radius 1 is 0.264 bits per heavy atom. The summed E-state index contributed by atoms with van der Waals surface area (Å²) in [6.45, 7) is 4.36. The van der Waals surface area contributed by atoms with Crippen LogP contribution in [0.5, 0.6) is 0 Å². The van der Waals surface area contributed by atoms with E-state index in [1.807, 2.05) is 12.2 Å². The molecule has 0 amide bonds. The van der Waals surface area contributed by atoms with Gasteiger partial charge in [0.05, 0.1) is 26.4 Å². The highest BCUT2D eigenvalue weighted by Crippen LogP contribution is 2.45. The Morgan fingerprint density at radius 3 is 0.773 bits per heavy atom. The Kier molecular flexibility index (Phi) is 76.4. The fourth-order valence-corrected chi connectivity index (χ4v) is 11.9. The molecule has 0 rings (SSSR count). The number of phosphoric ester groups is 2. The van der Waals surface area contributed by atoms with Crippen LogP contribution >= 0.6 is 15.6 Å². The van der Waals surface area contributed by atoms with Gasteiger partial charge < -0.3 is 33.8 Å². The first-order chi connectivity index (χ1) is 53.7. The van der Waals surface area contributed by atoms with E-state index in [0.717, 1.165) is 193 Å². The number of esters is 4. The lowest BCUT2D eigenvalue weighted by molar-refractivity contribution is -0.161. The zero-order chi connectivity index (χ0) is 80.3. The number of ether oxygens (including phenoxy) is 4. The van der Waals surface area contributed by atoms with Crippen molar-refractivity contribution in [3.05, 3.63) is 194 Å². The maximum Gasteiger partial charge on any atom is 0.472 e. The third-order valence-corrected chi connectivity index (χ3v) is 18.4. The summed E-state index contributed by atoms with van der Waals surface area (Å²) in [6, 6.07) is 0. The average Bonchev–Trinajstić information content (AvgIpc) is 0.899. The normalized spacial score (nSPS) is 14.8. The second-order valence-corrected chi connectivity index (χ2v) is 29.8. The molecule has 0 spiro atoms. The van der Waals surface area contributed by atoms with Crippen LogP contribution in [0.15, 0.2) is 194 Å². The van der Waals surface area contributed by atoms with Crippen LogP contribution in [-0.4, -0.2) is 96.7 Å². The molecule has 0 aromatic rings. The minimum atomic E-state index is -5.01. The van der Waals surface area contributed by atoms with Crippen LogP contribution in [0.2, 0.25) is 0 Å². The monoisotopic (exact) mass is 1570 g/mol. The maximum absolute atomic E-state index is 13.1. The average molecular weight is 1570 g/mol. The van der Waals surface area contributed by atoms with Crippen molar-refractivity contribution in [2.45, 2.75) is 316 Å². The van der Waals surface area contributed by atoms with Gasteiger partial charge in [0.15, 0.2) is 12.2 Å². The molecule has 0 aromatic heterocycles. The van der Waals surface area contributed by atoms with Gasteiger partial charge in [-0.3, -0.25) is 37.3 Å². The molecule has 3 N–H and O–H groups in total. The van der Waals surface area contributed by atoms with Gasteiger partial charge in [-0.15, -0.1) is 0 Å². The maximum atomic E-state index is 13.1. The Labute approximate surface area is 666 Å². The van der Waals surface area contributed by atoms with Crippen LogP contribution in [0.4, 0.5) is 0 Å². The number of rotatable bonds is 76. The van der Waals surface area contributed by atoms with E-state index in [4.69, 9.17) is 37.0 Å². The quantitative estimate of drug-likeness (QED) is 0.0169. The summed E-state index contributed by atoms with van der Waals surface area (Å²) < 4.78 is 68.6. The number of allylic oxidation sites excluding steroid dienone is 32. The lowest BCUT2D eigenvalue weighted by atomic mass is 10.1. The van der Waals surface area contributed by atoms with Crippen molar-refractivity contribution < 1.29 is 80.2 Å². The van der Waals surface area contributed by atoms with Gasteiger partial charge in [-0.2, -0.15) is 0 Å². The topological polar surface area (TPSA) is 237 Å². The molecule has 5 unspecified atom stereocenters. The van der Waals surface area contributed by atoms with E-state index >= 15 is 0 Å². The molecule has 19 heteroatoms. The van der Waals surface area contributed by atoms with Gasteiger partial charge in [-0.1, -0.05) is 286 Å². The standard InChI is InChI=1S/C91H146O17P2/c1-5-9-13-17-21-25-29-33-37-40-42-45-48-51-55-59-63-67-71-75-88(93)101-81-86(107-90(95)77-73-69-65-61-57-53-47-36-32-28-24-20-16-12-8-4)83-105-109(97,98)103-79-85(92)80-104-110(99,100)106-84-87(108-91(96)78-74-70-66-62-58-54-50-44-39-35-31-27-23-19-15-11-7-3)82-102-89(94)76-72-68-64-60-56-52-49-46-43-41-38-34-30-26-22-18-14-10-6-2/h9,11-13,15-16,21-28,33-39,42-43,45-47,50-51,54-55,62,66,85-87,92H,5-8,10,14,17-20,29-32,40-41,44,48-49,52-53,56-61,63-65,67-84H2,1-4H3,(H,97,98)(H,99,100)/b13-9-,15-11-,16-12-,25-21-,26-22-,27-23-,28-24-,37-33-,38-34-,39-35-,45-42-,46-43-,47-36-,54-50-,55-51-,66-62-. The summed E-state index contributed by atoms with van der Waals surface area (Å²) in [6.07, 6.45) is 99.8. The minimum absolute atomic E-state index is 0.00522. The number of aliphatic hydroxyl groups excluding tert-OH is 1. The summed E-state index contributed by atoms with van der Waals surface area (Å²) in [4.78, 5) is 73.2. The molecule has 0 fully saturated rings. The molecule has 0 aliphatic carbocycles. The van der Waals surface area contributed by atoms with E-state index in [2.05, 4.69) is 210 Å². The fourth-order valence-electron chi connectivity index (χ4n) is 10.3. The van der Waals surface area contributed by atoms with Crippen molar-refractivity contribution in [1.82, 2.24) is 0 Å². The minimum Gasteiger partial charge on any atom is -0.462 e. The Hall–Kier alpha value is -6.10. The van der Waals surface area contributed by atoms with Crippen LogP contribution in [0.25, 0.3) is 0 Å². The number of carbonyl (C=O) groups excluding carboxylic acids is 4. The molecule has 0 radical (unpaired) electrons. The molecular formula is C91H146O17P2. The van der Waals surface area contributed by atoms with Crippen molar-refractivity contribution in [2.75, 3.05) is 39.6 Å². The zero-order valence-corrected chi connectivity index (χ0v) is 69.9. The number of phosphoric acid groups is 2. The van der Waals surface area contributed by atoms with Crippen LogP contribution in [0.1, 0.15) is 297 Å². The molecule has 0 saturated heterocycles. The Balaban J connectivity index is 5.50. The van der Waals surface area contributed by atoms with E-state index in [-0.39, 0.29) is 25.7 Å². The SMILES string of the molecule is CC/C=C\C/C=C\C/C=C\C/C=C\C/C=C\CCCCCC(=O)OCC(COP(=O)(O)OCC(O)COP(=O)(O)OCC(COC(=O)CCCCCCCC/C=C\C/C=C\C/C=C\CCCCC)OC(=O)CCC/C=C\C/C=C\C/C=C\C/C=C\C/C=C\CC)OC(=O)CCCCCCC/C=C\C/C=C\C/C=C\CC. The van der Waals surface area contributed by atoms with Gasteiger partial charge >= 0.3 is 39.5 Å². The van der Waals surface area contributed by atoms with Gasteiger partial charge in [-0.05, 0) is 180 Å². The first kappa shape index (κ1) is 104. The highest BCUT2D eigenvalue weighted by Gasteiger charge is 2.30. The summed E-state index contributed by atoms with van der Waals surface area (Å²) >= 11 is 0. The highest BCUT2D eigenvalue weighted by atomic mass is 31.2. The smallest absolute Gasteiger partial charge is 0.462 e. The van der Waals surface area contributed by atoms with E-state index in [1.165, 1.54) is 19.3 Å². The van der Waals surface area contributed by atoms with Crippen LogP contribution in [-0.2, 0) is 65.4 Å². The largest absolute Gasteiger partial charge is 0.472 e. The summed E-state index contributed by atoms with van der Waals surface area (Å²) in [5, 5.41) is 10.7. The molecule has 17 nitrogen and oxygen atoms in total. The third kappa shape index (κ3) is 80.0. The molecule has 110 heavy (non-hydrogen) atoms. The number of hydrogen-bond donors (Lipinski definition) is 3. The van der Waals surface area contributed by atoms with E-state index in [1.54, 1.807) is 0 Å². The molecule has 0 bridgehead atoms.